The van der Waals surface area contributed by atoms with Crippen molar-refractivity contribution < 1.29 is 9.53 Å². The Morgan fingerprint density at radius 1 is 1.29 bits per heavy atom. The van der Waals surface area contributed by atoms with Crippen LogP contribution in [0.4, 0.5) is 0 Å². The number of rotatable bonds is 7. The van der Waals surface area contributed by atoms with Gasteiger partial charge in [-0.3, -0.25) is 14.5 Å². The molecule has 0 aliphatic heterocycles. The molecule has 1 amide bonds. The van der Waals surface area contributed by atoms with Gasteiger partial charge in [-0.15, -0.1) is 0 Å². The number of aryl methyl sites for hydroxylation is 1. The normalized spacial score (nSPS) is 11.9. The third-order valence-corrected chi connectivity index (χ3v) is 4.66. The van der Waals surface area contributed by atoms with Crippen LogP contribution >= 0.6 is 23.2 Å². The largest absolute Gasteiger partial charge is 0.479 e. The Labute approximate surface area is 173 Å². The molecule has 1 N–H and O–H groups in total. The second-order valence-corrected chi connectivity index (χ2v) is 7.11. The van der Waals surface area contributed by atoms with Crippen molar-refractivity contribution in [2.24, 2.45) is 0 Å². The van der Waals surface area contributed by atoms with Gasteiger partial charge in [-0.25, -0.2) is 0 Å². The highest BCUT2D eigenvalue weighted by Gasteiger charge is 2.16. The van der Waals surface area contributed by atoms with E-state index in [-0.39, 0.29) is 5.91 Å². The molecule has 0 fully saturated rings. The minimum absolute atomic E-state index is 0.233. The molecular formula is C20H20Cl2N4O2. The quantitative estimate of drug-likeness (QED) is 0.625. The topological polar surface area (TPSA) is 69.0 Å². The number of amides is 1. The molecule has 2 aromatic heterocycles. The minimum Gasteiger partial charge on any atom is -0.479 e. The van der Waals surface area contributed by atoms with E-state index in [9.17, 15) is 4.79 Å². The second kappa shape index (κ2) is 9.08. The van der Waals surface area contributed by atoms with E-state index in [1.165, 1.54) is 0 Å². The molecule has 146 valence electrons. The van der Waals surface area contributed by atoms with Gasteiger partial charge in [0.1, 0.15) is 5.75 Å². The van der Waals surface area contributed by atoms with E-state index in [0.717, 1.165) is 17.0 Å². The lowest BCUT2D eigenvalue weighted by Gasteiger charge is -2.16. The summed E-state index contributed by atoms with van der Waals surface area (Å²) >= 11 is 11.9. The average Bonchev–Trinajstić information content (AvgIpc) is 3.05. The summed E-state index contributed by atoms with van der Waals surface area (Å²) in [6, 6.07) is 10.7. The van der Waals surface area contributed by atoms with Crippen molar-refractivity contribution in [3.8, 4) is 17.0 Å². The summed E-state index contributed by atoms with van der Waals surface area (Å²) in [4.78, 5) is 16.4. The van der Waals surface area contributed by atoms with Crippen molar-refractivity contribution in [1.82, 2.24) is 20.1 Å². The van der Waals surface area contributed by atoms with Crippen molar-refractivity contribution >= 4 is 29.1 Å². The van der Waals surface area contributed by atoms with Gasteiger partial charge in [0.2, 0.25) is 0 Å². The molecule has 0 saturated heterocycles. The Balaban J connectivity index is 1.53. The van der Waals surface area contributed by atoms with Crippen LogP contribution in [0, 0.1) is 6.92 Å². The van der Waals surface area contributed by atoms with E-state index in [4.69, 9.17) is 27.9 Å². The maximum atomic E-state index is 12.3. The van der Waals surface area contributed by atoms with Crippen molar-refractivity contribution in [3.63, 3.8) is 0 Å². The highest BCUT2D eigenvalue weighted by Crippen LogP contribution is 2.28. The number of hydrogen-bond acceptors (Lipinski definition) is 4. The van der Waals surface area contributed by atoms with Gasteiger partial charge < -0.3 is 10.1 Å². The van der Waals surface area contributed by atoms with E-state index >= 15 is 0 Å². The standard InChI is InChI=1S/C20H20Cl2N4O2/c1-13-10-18(15-4-3-7-23-12-15)25-26(13)9-8-24-20(27)14(2)28-19-6-5-16(21)11-17(19)22/h3-7,10-12,14H,8-9H2,1-2H3,(H,24,27). The number of nitrogens with zero attached hydrogens (tertiary/aromatic N) is 3. The van der Waals surface area contributed by atoms with Gasteiger partial charge in [0.05, 0.1) is 17.3 Å². The Kier molecular flexibility index (Phi) is 6.54. The molecule has 8 heteroatoms. The fourth-order valence-electron chi connectivity index (χ4n) is 2.64. The Bertz CT molecular complexity index is 960. The van der Waals surface area contributed by atoms with Gasteiger partial charge >= 0.3 is 0 Å². The van der Waals surface area contributed by atoms with Crippen LogP contribution in [0.3, 0.4) is 0 Å². The number of pyridine rings is 1. The summed E-state index contributed by atoms with van der Waals surface area (Å²) in [6.45, 7) is 4.62. The molecule has 0 aliphatic carbocycles. The van der Waals surface area contributed by atoms with Crippen molar-refractivity contribution in [2.75, 3.05) is 6.54 Å². The van der Waals surface area contributed by atoms with Gasteiger partial charge in [0.25, 0.3) is 5.91 Å². The second-order valence-electron chi connectivity index (χ2n) is 6.26. The molecule has 1 atom stereocenters. The maximum absolute atomic E-state index is 12.3. The van der Waals surface area contributed by atoms with Crippen LogP contribution < -0.4 is 10.1 Å². The number of benzene rings is 1. The lowest BCUT2D eigenvalue weighted by Crippen LogP contribution is -2.38. The summed E-state index contributed by atoms with van der Waals surface area (Å²) in [5.41, 5.74) is 2.81. The van der Waals surface area contributed by atoms with Crippen LogP contribution in [-0.4, -0.2) is 33.3 Å². The SMILES string of the molecule is Cc1cc(-c2cccnc2)nn1CCNC(=O)C(C)Oc1ccc(Cl)cc1Cl. The van der Waals surface area contributed by atoms with E-state index < -0.39 is 6.10 Å². The fraction of sp³-hybridized carbons (Fsp3) is 0.250. The number of halogens is 2. The number of aromatic nitrogens is 3. The molecule has 0 radical (unpaired) electrons. The molecule has 1 unspecified atom stereocenters. The summed E-state index contributed by atoms with van der Waals surface area (Å²) in [6.07, 6.45) is 2.81. The number of carbonyl (C=O) groups excluding carboxylic acids is 1. The Hall–Kier alpha value is -2.57. The number of ether oxygens (including phenoxy) is 1. The number of nitrogens with one attached hydrogen (secondary N) is 1. The Morgan fingerprint density at radius 3 is 2.82 bits per heavy atom. The zero-order valence-electron chi connectivity index (χ0n) is 15.5. The van der Waals surface area contributed by atoms with Crippen LogP contribution in [0.1, 0.15) is 12.6 Å². The van der Waals surface area contributed by atoms with E-state index in [1.54, 1.807) is 37.5 Å². The smallest absolute Gasteiger partial charge is 0.260 e. The Morgan fingerprint density at radius 2 is 2.11 bits per heavy atom. The molecule has 0 saturated carbocycles. The highest BCUT2D eigenvalue weighted by atomic mass is 35.5. The van der Waals surface area contributed by atoms with Crippen LogP contribution in [0.5, 0.6) is 5.75 Å². The summed E-state index contributed by atoms with van der Waals surface area (Å²) in [7, 11) is 0. The molecular weight excluding hydrogens is 399 g/mol. The predicted octanol–water partition coefficient (Wildman–Crippen LogP) is 4.14. The molecule has 0 bridgehead atoms. The molecule has 28 heavy (non-hydrogen) atoms. The predicted molar refractivity (Wildman–Crippen MR) is 110 cm³/mol. The van der Waals surface area contributed by atoms with E-state index in [1.807, 2.05) is 29.8 Å². The summed E-state index contributed by atoms with van der Waals surface area (Å²) < 4.78 is 7.47. The number of hydrogen-bond donors (Lipinski definition) is 1. The molecule has 3 rings (SSSR count). The molecule has 3 aromatic rings. The fourth-order valence-corrected chi connectivity index (χ4v) is 3.09. The number of carbonyl (C=O) groups is 1. The summed E-state index contributed by atoms with van der Waals surface area (Å²) in [5.74, 6) is 0.182. The molecule has 0 aliphatic rings. The monoisotopic (exact) mass is 418 g/mol. The van der Waals surface area contributed by atoms with Crippen molar-refractivity contribution in [3.05, 3.63) is 64.5 Å². The average molecular weight is 419 g/mol. The minimum atomic E-state index is -0.691. The van der Waals surface area contributed by atoms with Gasteiger partial charge in [-0.1, -0.05) is 23.2 Å². The van der Waals surface area contributed by atoms with Crippen LogP contribution in [0.15, 0.2) is 48.8 Å². The molecule has 1 aromatic carbocycles. The lowest BCUT2D eigenvalue weighted by atomic mass is 10.2. The lowest BCUT2D eigenvalue weighted by molar-refractivity contribution is -0.127. The maximum Gasteiger partial charge on any atom is 0.260 e. The van der Waals surface area contributed by atoms with Crippen LogP contribution in [0.25, 0.3) is 11.3 Å². The van der Waals surface area contributed by atoms with Crippen LogP contribution in [0.2, 0.25) is 10.0 Å². The first-order valence-electron chi connectivity index (χ1n) is 8.78. The van der Waals surface area contributed by atoms with E-state index in [2.05, 4.69) is 15.4 Å². The highest BCUT2D eigenvalue weighted by molar-refractivity contribution is 6.35. The first kappa shape index (κ1) is 20.2. The third-order valence-electron chi connectivity index (χ3n) is 4.13. The molecule has 2 heterocycles. The zero-order valence-corrected chi connectivity index (χ0v) is 17.0. The van der Waals surface area contributed by atoms with Gasteiger partial charge in [0.15, 0.2) is 6.10 Å². The van der Waals surface area contributed by atoms with Crippen molar-refractivity contribution in [2.45, 2.75) is 26.5 Å². The summed E-state index contributed by atoms with van der Waals surface area (Å²) in [5, 5.41) is 8.30. The zero-order chi connectivity index (χ0) is 20.1. The first-order chi connectivity index (χ1) is 13.4. The van der Waals surface area contributed by atoms with Crippen LogP contribution in [-0.2, 0) is 11.3 Å². The van der Waals surface area contributed by atoms with Gasteiger partial charge in [-0.2, -0.15) is 5.10 Å². The molecule has 0 spiro atoms. The molecule has 6 nitrogen and oxygen atoms in total. The third kappa shape index (κ3) is 5.03. The van der Waals surface area contributed by atoms with Gasteiger partial charge in [0, 0.05) is 35.2 Å². The van der Waals surface area contributed by atoms with Crippen molar-refractivity contribution in [1.29, 1.82) is 0 Å². The van der Waals surface area contributed by atoms with Gasteiger partial charge in [-0.05, 0) is 50.2 Å². The first-order valence-corrected chi connectivity index (χ1v) is 9.54. The van der Waals surface area contributed by atoms with E-state index in [0.29, 0.717) is 28.9 Å².